The number of unbranched alkanes of at least 4 members (excludes halogenated alkanes) is 1. The van der Waals surface area contributed by atoms with Crippen molar-refractivity contribution in [2.24, 2.45) is 0 Å². The first-order valence-corrected chi connectivity index (χ1v) is 4.32. The number of hydrogen-bond acceptors (Lipinski definition) is 6. The predicted octanol–water partition coefficient (Wildman–Crippen LogP) is 0.428. The third-order valence-electron chi connectivity index (χ3n) is 0.803. The third kappa shape index (κ3) is 68.3. The molecule has 0 heterocycles. The van der Waals surface area contributed by atoms with Crippen molar-refractivity contribution in [1.82, 2.24) is 0 Å². The molecule has 0 atom stereocenters. The summed E-state index contributed by atoms with van der Waals surface area (Å²) in [6.45, 7) is 3.29. The summed E-state index contributed by atoms with van der Waals surface area (Å²) in [5.41, 5.74) is 0. The van der Waals surface area contributed by atoms with Crippen molar-refractivity contribution in [2.45, 2.75) is 26.7 Å². The average molecular weight is 219 g/mol. The van der Waals surface area contributed by atoms with E-state index in [0.29, 0.717) is 6.42 Å². The van der Waals surface area contributed by atoms with Gasteiger partial charge in [-0.15, -0.1) is 0 Å². The van der Waals surface area contributed by atoms with Gasteiger partial charge in [0.15, 0.2) is 0 Å². The van der Waals surface area contributed by atoms with Gasteiger partial charge in [-0.3, -0.25) is 4.79 Å². The zero-order chi connectivity index (χ0) is 12.5. The summed E-state index contributed by atoms with van der Waals surface area (Å²) in [4.78, 5) is 27.6. The minimum atomic E-state index is -0.353. The molecule has 0 aromatic heterocycles. The van der Waals surface area contributed by atoms with Gasteiger partial charge in [0.05, 0.1) is 6.61 Å². The van der Waals surface area contributed by atoms with E-state index in [1.807, 2.05) is 6.92 Å². The first-order chi connectivity index (χ1) is 7.10. The molecule has 0 aliphatic carbocycles. The summed E-state index contributed by atoms with van der Waals surface area (Å²) >= 11 is 0. The number of rotatable bonds is 4. The van der Waals surface area contributed by atoms with Crippen molar-refractivity contribution in [1.29, 1.82) is 5.41 Å². The van der Waals surface area contributed by atoms with E-state index in [-0.39, 0.29) is 19.2 Å². The van der Waals surface area contributed by atoms with E-state index in [4.69, 9.17) is 15.3 Å². The fourth-order valence-electron chi connectivity index (χ4n) is 0.307. The maximum Gasteiger partial charge on any atom is 0.302 e. The minimum Gasteiger partial charge on any atom is -0.463 e. The van der Waals surface area contributed by atoms with Crippen LogP contribution in [0.15, 0.2) is 0 Å². The summed E-state index contributed by atoms with van der Waals surface area (Å²) in [7, 11) is 0. The van der Waals surface area contributed by atoms with Crippen LogP contribution in [0.1, 0.15) is 26.7 Å². The van der Waals surface area contributed by atoms with Crippen LogP contribution in [-0.2, 0) is 19.1 Å². The highest BCUT2D eigenvalue weighted by atomic mass is 16.5. The van der Waals surface area contributed by atoms with Crippen LogP contribution in [0.25, 0.3) is 0 Å². The van der Waals surface area contributed by atoms with Crippen LogP contribution >= 0.6 is 0 Å². The lowest BCUT2D eigenvalue weighted by atomic mass is 10.4. The highest BCUT2D eigenvalue weighted by Crippen LogP contribution is 1.74. The second-order valence-corrected chi connectivity index (χ2v) is 2.12. The molecule has 88 valence electrons. The first-order valence-electron chi connectivity index (χ1n) is 4.32. The molecular formula is C9H17NO5. The molecule has 0 unspecified atom stereocenters. The summed E-state index contributed by atoms with van der Waals surface area (Å²) < 4.78 is 4.30. The van der Waals surface area contributed by atoms with Gasteiger partial charge in [0, 0.05) is 13.3 Å². The van der Waals surface area contributed by atoms with Gasteiger partial charge in [-0.05, 0) is 6.42 Å². The summed E-state index contributed by atoms with van der Waals surface area (Å²) in [6, 6.07) is 0. The van der Waals surface area contributed by atoms with E-state index in [1.54, 1.807) is 0 Å². The SMILES string of the molecule is CC(=O)OCCO.CCCC=O.N=C=O. The smallest absolute Gasteiger partial charge is 0.302 e. The number of aliphatic hydroxyl groups is 1. The Labute approximate surface area is 88.7 Å². The molecule has 0 amide bonds. The molecule has 0 rings (SSSR count). The Morgan fingerprint density at radius 3 is 2.13 bits per heavy atom. The van der Waals surface area contributed by atoms with Gasteiger partial charge in [0.1, 0.15) is 12.9 Å². The molecule has 0 bridgehead atoms. The number of esters is 1. The molecule has 0 spiro atoms. The maximum atomic E-state index is 9.87. The topological polar surface area (TPSA) is 105 Å². The lowest BCUT2D eigenvalue weighted by Crippen LogP contribution is -2.03. The lowest BCUT2D eigenvalue weighted by molar-refractivity contribution is -0.141. The lowest BCUT2D eigenvalue weighted by Gasteiger charge is -1.93. The van der Waals surface area contributed by atoms with E-state index in [9.17, 15) is 9.59 Å². The monoisotopic (exact) mass is 219 g/mol. The molecule has 6 nitrogen and oxygen atoms in total. The number of aliphatic hydroxyl groups excluding tert-OH is 1. The van der Waals surface area contributed by atoms with Gasteiger partial charge in [-0.25, -0.2) is 10.2 Å². The molecule has 0 fully saturated rings. The molecule has 0 saturated carbocycles. The number of hydrogen-bond donors (Lipinski definition) is 2. The molecule has 0 radical (unpaired) electrons. The Balaban J connectivity index is -0.000000158. The van der Waals surface area contributed by atoms with Crippen molar-refractivity contribution in [3.8, 4) is 0 Å². The number of aldehydes is 1. The van der Waals surface area contributed by atoms with Crippen LogP contribution in [0, 0.1) is 5.41 Å². The zero-order valence-electron chi connectivity index (χ0n) is 8.99. The highest BCUT2D eigenvalue weighted by Gasteiger charge is 1.86. The molecule has 0 aliphatic heterocycles. The molecule has 6 heteroatoms. The minimum absolute atomic E-state index is 0.0976. The van der Waals surface area contributed by atoms with Crippen molar-refractivity contribution in [2.75, 3.05) is 13.2 Å². The molecule has 0 aliphatic rings. The Kier molecular flexibility index (Phi) is 29.1. The number of carbonyl (C=O) groups excluding carboxylic acids is 3. The van der Waals surface area contributed by atoms with Crippen molar-refractivity contribution in [3.63, 3.8) is 0 Å². The van der Waals surface area contributed by atoms with E-state index < -0.39 is 0 Å². The number of carbonyl (C=O) groups is 2. The average Bonchev–Trinajstić information content (AvgIpc) is 2.18. The maximum absolute atomic E-state index is 9.87. The van der Waals surface area contributed by atoms with Crippen LogP contribution in [0.2, 0.25) is 0 Å². The van der Waals surface area contributed by atoms with Crippen molar-refractivity contribution in [3.05, 3.63) is 0 Å². The Morgan fingerprint density at radius 2 is 2.07 bits per heavy atom. The zero-order valence-corrected chi connectivity index (χ0v) is 8.99. The number of nitrogens with one attached hydrogen (secondary N) is 1. The Hall–Kier alpha value is -1.52. The quantitative estimate of drug-likeness (QED) is 0.309. The largest absolute Gasteiger partial charge is 0.463 e. The van der Waals surface area contributed by atoms with Crippen molar-refractivity contribution < 1.29 is 24.2 Å². The van der Waals surface area contributed by atoms with Gasteiger partial charge >= 0.3 is 5.97 Å². The highest BCUT2D eigenvalue weighted by molar-refractivity contribution is 5.65. The van der Waals surface area contributed by atoms with E-state index in [1.165, 1.54) is 6.92 Å². The molecule has 0 aromatic rings. The summed E-state index contributed by atoms with van der Waals surface area (Å²) in [5.74, 6) is -0.353. The molecule has 15 heavy (non-hydrogen) atoms. The van der Waals surface area contributed by atoms with Crippen LogP contribution in [0.5, 0.6) is 0 Å². The Morgan fingerprint density at radius 1 is 1.60 bits per heavy atom. The number of ether oxygens (including phenoxy) is 1. The van der Waals surface area contributed by atoms with E-state index in [0.717, 1.165) is 18.8 Å². The number of isocyanates is 1. The van der Waals surface area contributed by atoms with Crippen LogP contribution in [0.3, 0.4) is 0 Å². The van der Waals surface area contributed by atoms with Crippen LogP contribution < -0.4 is 0 Å². The third-order valence-corrected chi connectivity index (χ3v) is 0.803. The molecular weight excluding hydrogens is 202 g/mol. The first kappa shape index (κ1) is 19.1. The molecule has 0 aromatic carbocycles. The molecule has 2 N–H and O–H groups in total. The fourth-order valence-corrected chi connectivity index (χ4v) is 0.307. The van der Waals surface area contributed by atoms with E-state index >= 15 is 0 Å². The van der Waals surface area contributed by atoms with Crippen LogP contribution in [-0.4, -0.2) is 36.7 Å². The second kappa shape index (κ2) is 22.9. The standard InChI is InChI=1S/C4H8O3.C4H8O.CHNO/c1-4(6)7-3-2-5;1-2-3-4-5;2-1-3/h5H,2-3H2,1H3;4H,2-3H2,1H3;2H. The summed E-state index contributed by atoms with van der Waals surface area (Å²) in [6.07, 6.45) is 3.36. The van der Waals surface area contributed by atoms with Gasteiger partial charge < -0.3 is 14.6 Å². The fraction of sp³-hybridized carbons (Fsp3) is 0.667. The van der Waals surface area contributed by atoms with Gasteiger partial charge in [-0.1, -0.05) is 6.92 Å². The van der Waals surface area contributed by atoms with Crippen molar-refractivity contribution >= 4 is 18.3 Å². The second-order valence-electron chi connectivity index (χ2n) is 2.12. The van der Waals surface area contributed by atoms with E-state index in [2.05, 4.69) is 4.74 Å². The van der Waals surface area contributed by atoms with Gasteiger partial charge in [0.25, 0.3) is 0 Å². The van der Waals surface area contributed by atoms with Gasteiger partial charge in [-0.2, -0.15) is 0 Å². The Bertz CT molecular complexity index is 175. The van der Waals surface area contributed by atoms with Gasteiger partial charge in [0.2, 0.25) is 6.08 Å². The summed E-state index contributed by atoms with van der Waals surface area (Å²) in [5, 5.41) is 13.4. The predicted molar refractivity (Wildman–Crippen MR) is 53.1 cm³/mol. The molecule has 0 saturated heterocycles. The normalized spacial score (nSPS) is 6.87. The van der Waals surface area contributed by atoms with Crippen LogP contribution in [0.4, 0.5) is 0 Å².